The van der Waals surface area contributed by atoms with Gasteiger partial charge in [-0.15, -0.1) is 24.0 Å². The molecule has 1 atom stereocenters. The van der Waals surface area contributed by atoms with Gasteiger partial charge in [-0.25, -0.2) is 0 Å². The molecular weight excluding hydrogens is 491 g/mol. The number of aromatic nitrogens is 2. The van der Waals surface area contributed by atoms with Crippen LogP contribution in [0, 0.1) is 0 Å². The molecule has 1 aromatic heterocycles. The number of aliphatic imine (C=N–C) groups is 1. The number of guanidine groups is 1. The Kier molecular flexibility index (Phi) is 11.0. The summed E-state index contributed by atoms with van der Waals surface area (Å²) in [5.41, 5.74) is 1.30. The molecule has 30 heavy (non-hydrogen) atoms. The average molecular weight is 526 g/mol. The van der Waals surface area contributed by atoms with Crippen molar-refractivity contribution in [3.8, 4) is 5.75 Å². The highest BCUT2D eigenvalue weighted by molar-refractivity contribution is 14.0. The monoisotopic (exact) mass is 526 g/mol. The van der Waals surface area contributed by atoms with Gasteiger partial charge in [-0.3, -0.25) is 14.6 Å². The van der Waals surface area contributed by atoms with Gasteiger partial charge in [0.2, 0.25) is 0 Å². The molecule has 0 aliphatic carbocycles. The predicted octanol–water partition coefficient (Wildman–Crippen LogP) is 3.29. The van der Waals surface area contributed by atoms with Crippen molar-refractivity contribution in [2.24, 2.45) is 4.99 Å². The highest BCUT2D eigenvalue weighted by atomic mass is 127. The quantitative estimate of drug-likeness (QED) is 0.298. The molecule has 1 aromatic carbocycles. The maximum absolute atomic E-state index is 5.33. The van der Waals surface area contributed by atoms with E-state index in [0.717, 1.165) is 51.0 Å². The molecule has 0 bridgehead atoms. The topological polar surface area (TPSA) is 66.7 Å². The lowest BCUT2D eigenvalue weighted by molar-refractivity contribution is 0.167. The highest BCUT2D eigenvalue weighted by Gasteiger charge is 2.22. The fourth-order valence-corrected chi connectivity index (χ4v) is 3.73. The third-order valence-corrected chi connectivity index (χ3v) is 5.29. The minimum Gasteiger partial charge on any atom is -0.497 e. The van der Waals surface area contributed by atoms with Crippen molar-refractivity contribution < 1.29 is 4.74 Å². The number of methoxy groups -OCH3 is 1. The molecule has 1 aliphatic rings. The van der Waals surface area contributed by atoms with Crippen LogP contribution in [-0.2, 0) is 6.54 Å². The molecule has 0 amide bonds. The molecule has 166 valence electrons. The molecule has 7 nitrogen and oxygen atoms in total. The summed E-state index contributed by atoms with van der Waals surface area (Å²) in [5.74, 6) is 1.75. The van der Waals surface area contributed by atoms with Crippen molar-refractivity contribution in [1.82, 2.24) is 25.3 Å². The summed E-state index contributed by atoms with van der Waals surface area (Å²) in [4.78, 5) is 7.49. The number of likely N-dealkylation sites (tertiary alicyclic amines) is 1. The van der Waals surface area contributed by atoms with E-state index in [9.17, 15) is 0 Å². The number of hydrogen-bond donors (Lipinski definition) is 2. The van der Waals surface area contributed by atoms with E-state index in [4.69, 9.17) is 9.73 Å². The van der Waals surface area contributed by atoms with Crippen LogP contribution in [0.1, 0.15) is 37.8 Å². The molecule has 1 aliphatic heterocycles. The second-order valence-electron chi connectivity index (χ2n) is 7.30. The van der Waals surface area contributed by atoms with Crippen molar-refractivity contribution in [1.29, 1.82) is 0 Å². The van der Waals surface area contributed by atoms with Gasteiger partial charge >= 0.3 is 0 Å². The lowest BCUT2D eigenvalue weighted by Gasteiger charge is -2.34. The average Bonchev–Trinajstić information content (AvgIpc) is 3.28. The van der Waals surface area contributed by atoms with E-state index in [1.807, 2.05) is 29.1 Å². The highest BCUT2D eigenvalue weighted by Crippen LogP contribution is 2.26. The Bertz CT molecular complexity index is 729. The Morgan fingerprint density at radius 3 is 2.57 bits per heavy atom. The molecule has 2 heterocycles. The van der Waals surface area contributed by atoms with Crippen LogP contribution in [0.15, 0.2) is 47.7 Å². The molecule has 3 rings (SSSR count). The summed E-state index contributed by atoms with van der Waals surface area (Å²) in [6.07, 6.45) is 7.63. The van der Waals surface area contributed by atoms with Gasteiger partial charge in [0.05, 0.1) is 26.2 Å². The Balaban J connectivity index is 0.00000320. The number of benzene rings is 1. The maximum atomic E-state index is 5.33. The molecule has 0 radical (unpaired) electrons. The van der Waals surface area contributed by atoms with Crippen molar-refractivity contribution in [2.45, 2.75) is 38.8 Å². The van der Waals surface area contributed by atoms with Crippen LogP contribution in [0.25, 0.3) is 0 Å². The Morgan fingerprint density at radius 1 is 1.17 bits per heavy atom. The fraction of sp³-hybridized carbons (Fsp3) is 0.545. The van der Waals surface area contributed by atoms with E-state index in [1.165, 1.54) is 24.8 Å². The first-order chi connectivity index (χ1) is 14.3. The number of piperidine rings is 1. The summed E-state index contributed by atoms with van der Waals surface area (Å²) in [6.45, 7) is 7.52. The Morgan fingerprint density at radius 2 is 1.93 bits per heavy atom. The summed E-state index contributed by atoms with van der Waals surface area (Å²) in [5, 5.41) is 11.0. The molecule has 0 saturated carbocycles. The van der Waals surface area contributed by atoms with E-state index in [-0.39, 0.29) is 30.0 Å². The SMILES string of the molecule is CCNC(=NCC(c1ccc(OC)cc1)N1CCCCC1)NCCn1cccn1.I. The Labute approximate surface area is 197 Å². The van der Waals surface area contributed by atoms with E-state index in [0.29, 0.717) is 0 Å². The van der Waals surface area contributed by atoms with Crippen molar-refractivity contribution >= 4 is 29.9 Å². The van der Waals surface area contributed by atoms with Crippen LogP contribution in [0.4, 0.5) is 0 Å². The maximum Gasteiger partial charge on any atom is 0.191 e. The van der Waals surface area contributed by atoms with Gasteiger partial charge in [-0.2, -0.15) is 5.10 Å². The molecule has 8 heteroatoms. The van der Waals surface area contributed by atoms with E-state index >= 15 is 0 Å². The molecular formula is C22H35IN6O. The van der Waals surface area contributed by atoms with Crippen molar-refractivity contribution in [3.05, 3.63) is 48.3 Å². The lowest BCUT2D eigenvalue weighted by Crippen LogP contribution is -2.40. The standard InChI is InChI=1S/C22H34N6O.HI/c1-3-23-22(24-13-17-28-16-7-12-26-28)25-18-21(27-14-5-4-6-15-27)19-8-10-20(29-2)11-9-19;/h7-12,16,21H,3-6,13-15,17-18H2,1-2H3,(H2,23,24,25);1H. The summed E-state index contributed by atoms with van der Waals surface area (Å²) in [6, 6.07) is 10.7. The largest absolute Gasteiger partial charge is 0.497 e. The second-order valence-corrected chi connectivity index (χ2v) is 7.30. The van der Waals surface area contributed by atoms with Crippen LogP contribution in [0.5, 0.6) is 5.75 Å². The Hall–Kier alpha value is -1.81. The summed E-state index contributed by atoms with van der Waals surface area (Å²) >= 11 is 0. The van der Waals surface area contributed by atoms with E-state index in [1.54, 1.807) is 13.3 Å². The van der Waals surface area contributed by atoms with Gasteiger partial charge in [0, 0.05) is 25.5 Å². The first-order valence-corrected chi connectivity index (χ1v) is 10.7. The number of nitrogens with one attached hydrogen (secondary N) is 2. The zero-order valence-electron chi connectivity index (χ0n) is 18.1. The predicted molar refractivity (Wildman–Crippen MR) is 133 cm³/mol. The smallest absolute Gasteiger partial charge is 0.191 e. The van der Waals surface area contributed by atoms with Crippen LogP contribution in [-0.4, -0.2) is 60.5 Å². The number of halogens is 1. The third-order valence-electron chi connectivity index (χ3n) is 5.29. The van der Waals surface area contributed by atoms with Gasteiger partial charge in [0.15, 0.2) is 5.96 Å². The fourth-order valence-electron chi connectivity index (χ4n) is 3.73. The molecule has 1 unspecified atom stereocenters. The molecule has 2 aromatic rings. The zero-order valence-corrected chi connectivity index (χ0v) is 20.4. The third kappa shape index (κ3) is 7.46. The molecule has 1 fully saturated rings. The minimum atomic E-state index is 0. The molecule has 1 saturated heterocycles. The van der Waals surface area contributed by atoms with Crippen molar-refractivity contribution in [3.63, 3.8) is 0 Å². The summed E-state index contributed by atoms with van der Waals surface area (Å²) in [7, 11) is 1.71. The minimum absolute atomic E-state index is 0. The van der Waals surface area contributed by atoms with Gasteiger partial charge in [0.25, 0.3) is 0 Å². The van der Waals surface area contributed by atoms with Gasteiger partial charge in [-0.05, 0) is 56.6 Å². The van der Waals surface area contributed by atoms with E-state index in [2.05, 4.69) is 39.7 Å². The van der Waals surface area contributed by atoms with Crippen LogP contribution in [0.2, 0.25) is 0 Å². The second kappa shape index (κ2) is 13.5. The van der Waals surface area contributed by atoms with Gasteiger partial charge in [-0.1, -0.05) is 18.6 Å². The van der Waals surface area contributed by atoms with Crippen LogP contribution >= 0.6 is 24.0 Å². The first kappa shape index (κ1) is 24.5. The van der Waals surface area contributed by atoms with Crippen molar-refractivity contribution in [2.75, 3.05) is 39.8 Å². The molecule has 0 spiro atoms. The number of rotatable bonds is 9. The van der Waals surface area contributed by atoms with Gasteiger partial charge < -0.3 is 15.4 Å². The number of nitrogens with zero attached hydrogens (tertiary/aromatic N) is 4. The number of ether oxygens (including phenoxy) is 1. The van der Waals surface area contributed by atoms with Gasteiger partial charge in [0.1, 0.15) is 5.75 Å². The van der Waals surface area contributed by atoms with Crippen LogP contribution in [0.3, 0.4) is 0 Å². The lowest BCUT2D eigenvalue weighted by atomic mass is 10.0. The van der Waals surface area contributed by atoms with Crippen LogP contribution < -0.4 is 15.4 Å². The number of hydrogen-bond acceptors (Lipinski definition) is 4. The van der Waals surface area contributed by atoms with E-state index < -0.39 is 0 Å². The normalized spacial score (nSPS) is 15.9. The zero-order chi connectivity index (χ0) is 20.3. The first-order valence-electron chi connectivity index (χ1n) is 10.7. The molecule has 2 N–H and O–H groups in total. The summed E-state index contributed by atoms with van der Waals surface area (Å²) < 4.78 is 7.25.